The Morgan fingerprint density at radius 1 is 1.90 bits per heavy atom. The van der Waals surface area contributed by atoms with E-state index in [1.165, 1.54) is 7.11 Å². The van der Waals surface area contributed by atoms with E-state index in [2.05, 4.69) is 9.73 Å². The van der Waals surface area contributed by atoms with E-state index >= 15 is 0 Å². The number of aliphatic imine (C=N–C) groups is 1. The number of nitrogens with two attached hydrogens (primary N) is 1. The third kappa shape index (κ3) is 3.65. The Hall–Kier alpha value is -1.33. The molecular weight excluding hydrogens is 141 g/mol. The molecule has 2 amide bonds. The molecule has 0 bridgehead atoms. The van der Waals surface area contributed by atoms with Crippen LogP contribution >= 0.6 is 0 Å². The summed E-state index contributed by atoms with van der Waals surface area (Å²) in [6.45, 7) is -0.973. The van der Waals surface area contributed by atoms with Gasteiger partial charge in [-0.25, -0.2) is 9.18 Å². The number of hydrogen-bond donors (Lipinski definition) is 2. The van der Waals surface area contributed by atoms with Crippen LogP contribution in [0.25, 0.3) is 0 Å². The third-order valence-corrected chi connectivity index (χ3v) is 0.639. The minimum atomic E-state index is -0.973. The molecule has 0 aromatic rings. The van der Waals surface area contributed by atoms with Crippen molar-refractivity contribution in [3.63, 3.8) is 0 Å². The number of hydrogen-bond acceptors (Lipinski definition) is 2. The van der Waals surface area contributed by atoms with Crippen molar-refractivity contribution in [1.82, 2.24) is 5.32 Å². The molecule has 0 unspecified atom stereocenters. The van der Waals surface area contributed by atoms with E-state index in [4.69, 9.17) is 5.73 Å². The SMILES string of the molecule is CO/C(N)=N\C(=O)NCF. The van der Waals surface area contributed by atoms with Gasteiger partial charge in [0.15, 0.2) is 6.80 Å². The number of nitrogens with zero attached hydrogens (tertiary/aromatic N) is 1. The smallest absolute Gasteiger partial charge is 0.347 e. The van der Waals surface area contributed by atoms with Crippen LogP contribution in [0, 0.1) is 0 Å². The molecule has 0 aliphatic heterocycles. The van der Waals surface area contributed by atoms with Crippen LogP contribution in [0.4, 0.5) is 9.18 Å². The summed E-state index contributed by atoms with van der Waals surface area (Å²) in [5.74, 6) is 0. The van der Waals surface area contributed by atoms with Gasteiger partial charge >= 0.3 is 6.03 Å². The molecule has 0 saturated carbocycles. The Labute approximate surface area is 57.1 Å². The van der Waals surface area contributed by atoms with Gasteiger partial charge in [0, 0.05) is 0 Å². The lowest BCUT2D eigenvalue weighted by atomic mass is 10.9. The molecule has 0 radical (unpaired) electrons. The van der Waals surface area contributed by atoms with Crippen molar-refractivity contribution in [2.24, 2.45) is 10.7 Å². The van der Waals surface area contributed by atoms with Crippen LogP contribution < -0.4 is 11.1 Å². The van der Waals surface area contributed by atoms with Crippen molar-refractivity contribution >= 4 is 12.1 Å². The van der Waals surface area contributed by atoms with Gasteiger partial charge in [-0.3, -0.25) is 0 Å². The minimum Gasteiger partial charge on any atom is -0.468 e. The van der Waals surface area contributed by atoms with Crippen LogP contribution in [0.1, 0.15) is 0 Å². The Balaban J connectivity index is 3.75. The summed E-state index contributed by atoms with van der Waals surface area (Å²) in [6.07, 6.45) is 0. The summed E-state index contributed by atoms with van der Waals surface area (Å²) >= 11 is 0. The molecule has 0 aromatic heterocycles. The summed E-state index contributed by atoms with van der Waals surface area (Å²) in [7, 11) is 1.25. The fourth-order valence-electron chi connectivity index (χ4n) is 0.242. The zero-order valence-corrected chi connectivity index (χ0v) is 5.43. The lowest BCUT2D eigenvalue weighted by Gasteiger charge is -1.95. The molecule has 0 atom stereocenters. The summed E-state index contributed by atoms with van der Waals surface area (Å²) in [4.78, 5) is 13.4. The molecule has 0 saturated heterocycles. The fourth-order valence-corrected chi connectivity index (χ4v) is 0.242. The van der Waals surface area contributed by atoms with Gasteiger partial charge in [-0.15, -0.1) is 4.99 Å². The highest BCUT2D eigenvalue weighted by Crippen LogP contribution is 1.75. The van der Waals surface area contributed by atoms with Crippen LogP contribution in [-0.4, -0.2) is 26.0 Å². The predicted molar refractivity (Wildman–Crippen MR) is 33.1 cm³/mol. The lowest BCUT2D eigenvalue weighted by molar-refractivity contribution is 0.243. The largest absolute Gasteiger partial charge is 0.468 e. The second kappa shape index (κ2) is 4.54. The molecule has 0 aromatic carbocycles. The van der Waals surface area contributed by atoms with E-state index in [-0.39, 0.29) is 6.02 Å². The van der Waals surface area contributed by atoms with Gasteiger partial charge in [0.25, 0.3) is 6.02 Å². The van der Waals surface area contributed by atoms with E-state index in [9.17, 15) is 9.18 Å². The second-order valence-electron chi connectivity index (χ2n) is 1.27. The Bertz CT molecular complexity index is 147. The van der Waals surface area contributed by atoms with Crippen molar-refractivity contribution in [2.75, 3.05) is 13.9 Å². The molecule has 0 spiro atoms. The average molecular weight is 149 g/mol. The molecule has 3 N–H and O–H groups in total. The van der Waals surface area contributed by atoms with Crippen LogP contribution in [0.3, 0.4) is 0 Å². The van der Waals surface area contributed by atoms with Crippen LogP contribution in [-0.2, 0) is 4.74 Å². The maximum Gasteiger partial charge on any atom is 0.347 e. The van der Waals surface area contributed by atoms with Gasteiger partial charge in [-0.2, -0.15) is 0 Å². The van der Waals surface area contributed by atoms with Gasteiger partial charge in [0.2, 0.25) is 0 Å². The monoisotopic (exact) mass is 149 g/mol. The molecular formula is C4H8FN3O2. The number of carbonyl (C=O) groups excluding carboxylic acids is 1. The number of amidine groups is 1. The van der Waals surface area contributed by atoms with Crippen LogP contribution in [0.5, 0.6) is 0 Å². The van der Waals surface area contributed by atoms with Gasteiger partial charge in [-0.1, -0.05) is 0 Å². The molecule has 0 heterocycles. The standard InChI is InChI=1S/C4H8FN3O2/c1-10-3(6)8-4(9)7-2-5/h2H2,1H3,(H3,6,7,8,9). The fraction of sp³-hybridized carbons (Fsp3) is 0.500. The van der Waals surface area contributed by atoms with Gasteiger partial charge in [0.05, 0.1) is 7.11 Å². The molecule has 6 heteroatoms. The lowest BCUT2D eigenvalue weighted by Crippen LogP contribution is -2.23. The van der Waals surface area contributed by atoms with E-state index in [1.54, 1.807) is 5.32 Å². The zero-order chi connectivity index (χ0) is 7.98. The second-order valence-corrected chi connectivity index (χ2v) is 1.27. The van der Waals surface area contributed by atoms with E-state index < -0.39 is 12.8 Å². The van der Waals surface area contributed by atoms with E-state index in [1.807, 2.05) is 0 Å². The van der Waals surface area contributed by atoms with Crippen LogP contribution in [0.2, 0.25) is 0 Å². The minimum absolute atomic E-state index is 0.300. The molecule has 0 fully saturated rings. The number of urea groups is 1. The summed E-state index contributed by atoms with van der Waals surface area (Å²) in [5, 5.41) is 1.76. The van der Waals surface area contributed by atoms with E-state index in [0.29, 0.717) is 0 Å². The molecule has 0 rings (SSSR count). The number of ether oxygens (including phenoxy) is 1. The number of alkyl halides is 1. The first kappa shape index (κ1) is 8.67. The normalized spacial score (nSPS) is 10.8. The molecule has 5 nitrogen and oxygen atoms in total. The van der Waals surface area contributed by atoms with E-state index in [0.717, 1.165) is 0 Å². The first-order valence-electron chi connectivity index (χ1n) is 2.42. The maximum atomic E-state index is 11.3. The number of methoxy groups -OCH3 is 1. The highest BCUT2D eigenvalue weighted by molar-refractivity contribution is 5.88. The number of nitrogens with one attached hydrogen (secondary N) is 1. The maximum absolute atomic E-state index is 11.3. The number of carbonyl (C=O) groups is 1. The summed E-state index contributed by atoms with van der Waals surface area (Å²) in [5.41, 5.74) is 4.95. The van der Waals surface area contributed by atoms with Gasteiger partial charge < -0.3 is 15.8 Å². The topological polar surface area (TPSA) is 76.7 Å². The van der Waals surface area contributed by atoms with Crippen LogP contribution in [0.15, 0.2) is 4.99 Å². The highest BCUT2D eigenvalue weighted by atomic mass is 19.1. The van der Waals surface area contributed by atoms with Crippen molar-refractivity contribution in [3.05, 3.63) is 0 Å². The Kier molecular flexibility index (Phi) is 3.94. The number of amides is 2. The third-order valence-electron chi connectivity index (χ3n) is 0.639. The summed E-state index contributed by atoms with van der Waals surface area (Å²) in [6, 6.07) is -1.16. The average Bonchev–Trinajstić information content (AvgIpc) is 1.88. The number of halogens is 1. The highest BCUT2D eigenvalue weighted by Gasteiger charge is 1.96. The zero-order valence-electron chi connectivity index (χ0n) is 5.43. The van der Waals surface area contributed by atoms with Gasteiger partial charge in [-0.05, 0) is 0 Å². The van der Waals surface area contributed by atoms with Crippen molar-refractivity contribution in [2.45, 2.75) is 0 Å². The Morgan fingerprint density at radius 3 is 2.90 bits per heavy atom. The van der Waals surface area contributed by atoms with Crippen molar-refractivity contribution in [3.8, 4) is 0 Å². The van der Waals surface area contributed by atoms with Crippen molar-refractivity contribution < 1.29 is 13.9 Å². The molecule has 0 aliphatic carbocycles. The molecule has 0 aliphatic rings. The molecule has 10 heavy (non-hydrogen) atoms. The quantitative estimate of drug-likeness (QED) is 0.302. The van der Waals surface area contributed by atoms with Gasteiger partial charge in [0.1, 0.15) is 0 Å². The predicted octanol–water partition coefficient (Wildman–Crippen LogP) is -0.416. The first-order valence-corrected chi connectivity index (χ1v) is 2.42. The first-order chi connectivity index (χ1) is 4.70. The molecule has 58 valence electrons. The Morgan fingerprint density at radius 2 is 2.50 bits per heavy atom. The number of rotatable bonds is 1. The summed E-state index contributed by atoms with van der Waals surface area (Å²) < 4.78 is 15.6. The van der Waals surface area contributed by atoms with Crippen molar-refractivity contribution in [1.29, 1.82) is 0 Å².